The van der Waals surface area contributed by atoms with Crippen LogP contribution in [0.15, 0.2) is 0 Å². The van der Waals surface area contributed by atoms with Crippen molar-refractivity contribution in [3.63, 3.8) is 0 Å². The first-order chi connectivity index (χ1) is 5.45. The summed E-state index contributed by atoms with van der Waals surface area (Å²) in [5.41, 5.74) is 0. The van der Waals surface area contributed by atoms with E-state index < -0.39 is 10.0 Å². The fourth-order valence-electron chi connectivity index (χ4n) is 0.747. The van der Waals surface area contributed by atoms with Gasteiger partial charge < -0.3 is 18.3 Å². The van der Waals surface area contributed by atoms with Gasteiger partial charge in [0, 0.05) is 0 Å². The Bertz CT molecular complexity index is 110. The van der Waals surface area contributed by atoms with E-state index >= 15 is 0 Å². The van der Waals surface area contributed by atoms with Crippen LogP contribution >= 0.6 is 0 Å². The van der Waals surface area contributed by atoms with Crippen molar-refractivity contribution in [1.82, 2.24) is 0 Å². The fourth-order valence-corrected chi connectivity index (χ4v) is 1.58. The normalized spacial score (nSPS) is 34.9. The summed E-state index contributed by atoms with van der Waals surface area (Å²) < 4.78 is 20.5. The number of ether oxygens (including phenoxy) is 2. The average molecular weight is 176 g/mol. The van der Waals surface area contributed by atoms with Crippen LogP contribution < -0.4 is 0 Å². The van der Waals surface area contributed by atoms with Crippen LogP contribution in [0.5, 0.6) is 0 Å². The van der Waals surface area contributed by atoms with Crippen LogP contribution in [0.3, 0.4) is 0 Å². The van der Waals surface area contributed by atoms with Gasteiger partial charge in [-0.25, -0.2) is 0 Å². The highest BCUT2D eigenvalue weighted by molar-refractivity contribution is 6.17. The molecule has 2 aliphatic heterocycles. The first-order valence-electron chi connectivity index (χ1n) is 3.84. The van der Waals surface area contributed by atoms with Gasteiger partial charge in [-0.05, 0) is 0 Å². The van der Waals surface area contributed by atoms with Crippen molar-refractivity contribution in [2.24, 2.45) is 0 Å². The van der Waals surface area contributed by atoms with Gasteiger partial charge in [0.05, 0.1) is 26.4 Å². The molecule has 0 saturated carbocycles. The second kappa shape index (κ2) is 3.64. The lowest BCUT2D eigenvalue weighted by molar-refractivity contribution is 0.189. The van der Waals surface area contributed by atoms with Gasteiger partial charge >= 0.3 is 10.0 Å². The predicted octanol–water partition coefficient (Wildman–Crippen LogP) is -1.18. The molecule has 2 heterocycles. The molecule has 0 aliphatic carbocycles. The Kier molecular flexibility index (Phi) is 2.54. The highest BCUT2D eigenvalue weighted by atomic mass is 28.3. The number of epoxide rings is 2. The zero-order valence-electron chi connectivity index (χ0n) is 6.32. The topological polar surface area (TPSA) is 43.5 Å². The molecule has 2 aliphatic rings. The molecule has 2 atom stereocenters. The Hall–Kier alpha value is 0.0569. The van der Waals surface area contributed by atoms with Crippen LogP contribution in [0.25, 0.3) is 0 Å². The molecule has 0 amide bonds. The average Bonchev–Trinajstić information content (AvgIpc) is 2.83. The van der Waals surface area contributed by atoms with E-state index in [-0.39, 0.29) is 0 Å². The summed E-state index contributed by atoms with van der Waals surface area (Å²) in [6.45, 7) is 3.16. The van der Waals surface area contributed by atoms with Crippen LogP contribution in [-0.2, 0) is 18.3 Å². The maximum absolute atomic E-state index is 5.27. The molecular weight excluding hydrogens is 164 g/mol. The van der Waals surface area contributed by atoms with Crippen molar-refractivity contribution in [1.29, 1.82) is 0 Å². The summed E-state index contributed by atoms with van der Waals surface area (Å²) >= 11 is 0. The monoisotopic (exact) mass is 176 g/mol. The van der Waals surface area contributed by atoms with E-state index in [1.54, 1.807) is 0 Å². The molecule has 4 nitrogen and oxygen atoms in total. The molecule has 2 unspecified atom stereocenters. The molecule has 0 aromatic rings. The molecule has 0 radical (unpaired) electrons. The van der Waals surface area contributed by atoms with E-state index in [0.717, 1.165) is 26.4 Å². The Morgan fingerprint density at radius 2 is 1.55 bits per heavy atom. The van der Waals surface area contributed by atoms with Crippen molar-refractivity contribution in [2.75, 3.05) is 26.4 Å². The lowest BCUT2D eigenvalue weighted by Crippen LogP contribution is -2.12. The summed E-state index contributed by atoms with van der Waals surface area (Å²) in [6.07, 6.45) is 0.728. The summed E-state index contributed by atoms with van der Waals surface area (Å²) in [4.78, 5) is 0. The zero-order chi connectivity index (χ0) is 7.52. The SMILES string of the molecule is C(O[SiH2]OCC1CO1)C1CO1. The van der Waals surface area contributed by atoms with Gasteiger partial charge in [-0.1, -0.05) is 0 Å². The highest BCUT2D eigenvalue weighted by Crippen LogP contribution is 2.09. The van der Waals surface area contributed by atoms with Crippen molar-refractivity contribution < 1.29 is 18.3 Å². The van der Waals surface area contributed by atoms with E-state index in [1.807, 2.05) is 0 Å². The van der Waals surface area contributed by atoms with Crippen molar-refractivity contribution in [3.8, 4) is 0 Å². The minimum absolute atomic E-state index is 0.364. The first-order valence-corrected chi connectivity index (χ1v) is 4.99. The van der Waals surface area contributed by atoms with Crippen LogP contribution in [0, 0.1) is 0 Å². The van der Waals surface area contributed by atoms with E-state index in [1.165, 1.54) is 0 Å². The summed E-state index contributed by atoms with van der Waals surface area (Å²) in [5, 5.41) is 0. The van der Waals surface area contributed by atoms with Crippen molar-refractivity contribution >= 4 is 10.0 Å². The molecule has 2 fully saturated rings. The molecule has 0 aromatic carbocycles. The van der Waals surface area contributed by atoms with E-state index in [2.05, 4.69) is 0 Å². The van der Waals surface area contributed by atoms with Gasteiger partial charge in [-0.3, -0.25) is 0 Å². The van der Waals surface area contributed by atoms with Gasteiger partial charge in [-0.15, -0.1) is 0 Å². The van der Waals surface area contributed by atoms with E-state index in [9.17, 15) is 0 Å². The molecule has 11 heavy (non-hydrogen) atoms. The molecule has 2 saturated heterocycles. The van der Waals surface area contributed by atoms with Crippen LogP contribution in [0.1, 0.15) is 0 Å². The summed E-state index contributed by atoms with van der Waals surface area (Å²) in [7, 11) is -0.754. The van der Waals surface area contributed by atoms with Gasteiger partial charge in [0.25, 0.3) is 0 Å². The second-order valence-corrected chi connectivity index (χ2v) is 3.82. The summed E-state index contributed by atoms with van der Waals surface area (Å²) in [5.74, 6) is 0. The minimum atomic E-state index is -0.754. The maximum atomic E-state index is 5.27. The number of rotatable bonds is 6. The number of hydrogen-bond acceptors (Lipinski definition) is 4. The van der Waals surface area contributed by atoms with Crippen LogP contribution in [0.4, 0.5) is 0 Å². The van der Waals surface area contributed by atoms with Gasteiger partial charge in [0.1, 0.15) is 12.2 Å². The smallest absolute Gasteiger partial charge is 0.304 e. The Morgan fingerprint density at radius 1 is 1.09 bits per heavy atom. The maximum Gasteiger partial charge on any atom is 0.304 e. The lowest BCUT2D eigenvalue weighted by Gasteiger charge is -2.00. The minimum Gasteiger partial charge on any atom is -0.396 e. The summed E-state index contributed by atoms with van der Waals surface area (Å²) in [6, 6.07) is 0. The third kappa shape index (κ3) is 3.30. The Morgan fingerprint density at radius 3 is 1.91 bits per heavy atom. The zero-order valence-corrected chi connectivity index (χ0v) is 7.74. The molecule has 0 aromatic heterocycles. The largest absolute Gasteiger partial charge is 0.396 e. The van der Waals surface area contributed by atoms with Gasteiger partial charge in [0.2, 0.25) is 0 Å². The van der Waals surface area contributed by atoms with Crippen LogP contribution in [-0.4, -0.2) is 48.6 Å². The van der Waals surface area contributed by atoms with E-state index in [0.29, 0.717) is 12.2 Å². The third-order valence-electron chi connectivity index (χ3n) is 1.58. The molecule has 2 rings (SSSR count). The fraction of sp³-hybridized carbons (Fsp3) is 1.00. The predicted molar refractivity (Wildman–Crippen MR) is 39.9 cm³/mol. The molecule has 0 N–H and O–H groups in total. The third-order valence-corrected chi connectivity index (χ3v) is 2.38. The standard InChI is InChI=1S/C6H12O4Si/c1-5(7-1)3-9-11-10-4-6-2-8-6/h5-6H,1-4,11H2. The lowest BCUT2D eigenvalue weighted by atomic mass is 10.5. The van der Waals surface area contributed by atoms with Crippen molar-refractivity contribution in [2.45, 2.75) is 12.2 Å². The Labute approximate surface area is 67.8 Å². The van der Waals surface area contributed by atoms with Gasteiger partial charge in [-0.2, -0.15) is 0 Å². The second-order valence-electron chi connectivity index (χ2n) is 2.77. The molecule has 0 spiro atoms. The quantitative estimate of drug-likeness (QED) is 0.290. The first kappa shape index (κ1) is 7.69. The molecule has 64 valence electrons. The van der Waals surface area contributed by atoms with Crippen molar-refractivity contribution in [3.05, 3.63) is 0 Å². The highest BCUT2D eigenvalue weighted by Gasteiger charge is 2.23. The van der Waals surface area contributed by atoms with Crippen LogP contribution in [0.2, 0.25) is 0 Å². The Balaban J connectivity index is 1.35. The van der Waals surface area contributed by atoms with E-state index in [4.69, 9.17) is 18.3 Å². The molecule has 0 bridgehead atoms. The molecule has 5 heteroatoms. The molecular formula is C6H12O4Si. The number of hydrogen-bond donors (Lipinski definition) is 0. The van der Waals surface area contributed by atoms with Gasteiger partial charge in [0.15, 0.2) is 0 Å².